The number of aromatic carboxylic acids is 1. The third-order valence-electron chi connectivity index (χ3n) is 2.40. The molecule has 0 bridgehead atoms. The molecule has 0 radical (unpaired) electrons. The normalized spacial score (nSPS) is 9.48. The highest BCUT2D eigenvalue weighted by atomic mass is 127. The molecule has 0 amide bonds. The molecule has 0 atom stereocenters. The second-order valence-corrected chi connectivity index (χ2v) is 6.71. The second-order valence-electron chi connectivity index (χ2n) is 3.82. The molecule has 0 saturated carbocycles. The van der Waals surface area contributed by atoms with Crippen LogP contribution in [0.2, 0.25) is 0 Å². The van der Waals surface area contributed by atoms with Gasteiger partial charge in [-0.3, -0.25) is 4.79 Å². The molecule has 0 spiro atoms. The molecule has 2 aromatic carbocycles. The topological polar surface area (TPSA) is 54.4 Å². The van der Waals surface area contributed by atoms with E-state index < -0.39 is 5.97 Å². The fourth-order valence-corrected chi connectivity index (χ4v) is 3.00. The maximum absolute atomic E-state index is 11.2. The van der Waals surface area contributed by atoms with E-state index in [2.05, 4.69) is 38.5 Å². The highest BCUT2D eigenvalue weighted by molar-refractivity contribution is 14.1. The Morgan fingerprint density at radius 1 is 0.905 bits per heavy atom. The molecule has 110 valence electrons. The average molecular weight is 573 g/mol. The highest BCUT2D eigenvalue weighted by Crippen LogP contribution is 2.12. The first-order valence-electron chi connectivity index (χ1n) is 5.79. The van der Waals surface area contributed by atoms with Gasteiger partial charge in [0.05, 0.1) is 10.9 Å². The Balaban J connectivity index is 0.000000211. The first-order chi connectivity index (χ1) is 9.97. The van der Waals surface area contributed by atoms with E-state index in [1.165, 1.54) is 0 Å². The van der Waals surface area contributed by atoms with E-state index in [0.29, 0.717) is 10.9 Å². The lowest BCUT2D eigenvalue weighted by Gasteiger charge is -1.98. The number of Topliss-reactive ketones (excluding diaryl/α,β-unsaturated/α-hetero) is 1. The number of rotatable bonds is 3. The molecule has 0 unspecified atom stereocenters. The monoisotopic (exact) mass is 572 g/mol. The van der Waals surface area contributed by atoms with Gasteiger partial charge in [0.1, 0.15) is 0 Å². The van der Waals surface area contributed by atoms with Gasteiger partial charge in [-0.15, -0.1) is 0 Å². The van der Waals surface area contributed by atoms with Crippen LogP contribution >= 0.6 is 61.1 Å². The smallest absolute Gasteiger partial charge is 0.336 e. The van der Waals surface area contributed by atoms with Crippen molar-refractivity contribution in [3.63, 3.8) is 0 Å². The average Bonchev–Trinajstić information content (AvgIpc) is 2.48. The van der Waals surface area contributed by atoms with Crippen LogP contribution in [0, 0.1) is 7.14 Å². The molecule has 2 aromatic rings. The standard InChI is InChI=1S/C8H6BrIO.C7H5IO2/c9-5-8(11)6-3-1-2-4-7(6)10;8-6-4-2-1-3-5(6)7(9)10/h1-4H,5H2;1-4H,(H,9,10). The zero-order valence-electron chi connectivity index (χ0n) is 10.7. The number of carboxylic acid groups (broad SMARTS) is 1. The molecule has 0 aliphatic rings. The van der Waals surface area contributed by atoms with E-state index in [9.17, 15) is 9.59 Å². The molecule has 0 aliphatic heterocycles. The largest absolute Gasteiger partial charge is 0.478 e. The van der Waals surface area contributed by atoms with Crippen LogP contribution in [0.4, 0.5) is 0 Å². The fraction of sp³-hybridized carbons (Fsp3) is 0.0667. The Hall–Kier alpha value is -0.480. The number of carboxylic acids is 1. The molecule has 1 N–H and O–H groups in total. The summed E-state index contributed by atoms with van der Waals surface area (Å²) in [6, 6.07) is 14.4. The van der Waals surface area contributed by atoms with Crippen LogP contribution < -0.4 is 0 Å². The Morgan fingerprint density at radius 2 is 1.33 bits per heavy atom. The van der Waals surface area contributed by atoms with Gasteiger partial charge in [0.15, 0.2) is 5.78 Å². The minimum Gasteiger partial charge on any atom is -0.478 e. The predicted molar refractivity (Wildman–Crippen MR) is 103 cm³/mol. The summed E-state index contributed by atoms with van der Waals surface area (Å²) in [5.41, 5.74) is 1.16. The van der Waals surface area contributed by atoms with Gasteiger partial charge in [0.2, 0.25) is 0 Å². The molecule has 3 nitrogen and oxygen atoms in total. The van der Waals surface area contributed by atoms with Crippen molar-refractivity contribution in [3.05, 3.63) is 66.8 Å². The summed E-state index contributed by atoms with van der Waals surface area (Å²) >= 11 is 7.28. The fourth-order valence-electron chi connectivity index (χ4n) is 1.39. The Kier molecular flexibility index (Phi) is 8.42. The predicted octanol–water partition coefficient (Wildman–Crippen LogP) is 4.86. The van der Waals surface area contributed by atoms with E-state index >= 15 is 0 Å². The summed E-state index contributed by atoms with van der Waals surface area (Å²) < 4.78 is 1.78. The summed E-state index contributed by atoms with van der Waals surface area (Å²) in [5.74, 6) is -0.736. The molecular weight excluding hydrogens is 562 g/mol. The van der Waals surface area contributed by atoms with Crippen molar-refractivity contribution in [2.24, 2.45) is 0 Å². The van der Waals surface area contributed by atoms with Gasteiger partial charge >= 0.3 is 5.97 Å². The van der Waals surface area contributed by atoms with E-state index in [0.717, 1.165) is 12.7 Å². The van der Waals surface area contributed by atoms with Crippen LogP contribution in [0.15, 0.2) is 48.5 Å². The number of carbonyl (C=O) groups excluding carboxylic acids is 1. The van der Waals surface area contributed by atoms with Crippen LogP contribution in [0.5, 0.6) is 0 Å². The minimum atomic E-state index is -0.870. The zero-order valence-corrected chi connectivity index (χ0v) is 16.6. The highest BCUT2D eigenvalue weighted by Gasteiger charge is 2.06. The van der Waals surface area contributed by atoms with Crippen molar-refractivity contribution < 1.29 is 14.7 Å². The van der Waals surface area contributed by atoms with E-state index in [1.54, 1.807) is 18.2 Å². The summed E-state index contributed by atoms with van der Waals surface area (Å²) in [5, 5.41) is 8.96. The first kappa shape index (κ1) is 18.6. The number of benzene rings is 2. The van der Waals surface area contributed by atoms with Gasteiger partial charge in [0.25, 0.3) is 0 Å². The molecule has 0 saturated heterocycles. The number of alkyl halides is 1. The minimum absolute atomic E-state index is 0.134. The molecule has 0 aliphatic carbocycles. The number of hydrogen-bond donors (Lipinski definition) is 1. The lowest BCUT2D eigenvalue weighted by molar-refractivity contribution is 0.0695. The van der Waals surface area contributed by atoms with Crippen LogP contribution in [-0.4, -0.2) is 22.2 Å². The molecule has 2 rings (SSSR count). The van der Waals surface area contributed by atoms with Crippen LogP contribution in [-0.2, 0) is 0 Å². The van der Waals surface area contributed by atoms with Gasteiger partial charge in [-0.2, -0.15) is 0 Å². The number of ketones is 1. The third kappa shape index (κ3) is 6.03. The first-order valence-corrected chi connectivity index (χ1v) is 9.06. The van der Waals surface area contributed by atoms with Gasteiger partial charge in [0, 0.05) is 12.7 Å². The van der Waals surface area contributed by atoms with Crippen molar-refractivity contribution in [2.45, 2.75) is 0 Å². The quantitative estimate of drug-likeness (QED) is 0.325. The summed E-state index contributed by atoms with van der Waals surface area (Å²) in [6.45, 7) is 0. The summed E-state index contributed by atoms with van der Waals surface area (Å²) in [7, 11) is 0. The molecule has 0 heterocycles. The molecular formula is C15H11BrI2O3. The molecule has 6 heteroatoms. The third-order valence-corrected chi connectivity index (χ3v) is 4.79. The molecule has 21 heavy (non-hydrogen) atoms. The number of carbonyl (C=O) groups is 2. The molecule has 0 aromatic heterocycles. The Bertz CT molecular complexity index is 644. The number of hydrogen-bond acceptors (Lipinski definition) is 2. The maximum Gasteiger partial charge on any atom is 0.336 e. The number of halogens is 3. The van der Waals surface area contributed by atoms with E-state index in [4.69, 9.17) is 5.11 Å². The van der Waals surface area contributed by atoms with Crippen LogP contribution in [0.25, 0.3) is 0 Å². The Labute approximate surface area is 158 Å². The van der Waals surface area contributed by atoms with Crippen LogP contribution in [0.1, 0.15) is 20.7 Å². The zero-order chi connectivity index (χ0) is 15.8. The van der Waals surface area contributed by atoms with Crippen molar-refractivity contribution in [2.75, 3.05) is 5.33 Å². The van der Waals surface area contributed by atoms with E-state index in [1.807, 2.05) is 52.9 Å². The lowest BCUT2D eigenvalue weighted by Crippen LogP contribution is -2.01. The van der Waals surface area contributed by atoms with Gasteiger partial charge < -0.3 is 5.11 Å². The maximum atomic E-state index is 11.2. The van der Waals surface area contributed by atoms with Gasteiger partial charge in [-0.1, -0.05) is 46.3 Å². The summed E-state index contributed by atoms with van der Waals surface area (Å²) in [4.78, 5) is 21.6. The lowest BCUT2D eigenvalue weighted by atomic mass is 10.2. The van der Waals surface area contributed by atoms with Crippen molar-refractivity contribution in [1.29, 1.82) is 0 Å². The van der Waals surface area contributed by atoms with Crippen LogP contribution in [0.3, 0.4) is 0 Å². The molecule has 0 fully saturated rings. The SMILES string of the molecule is O=C(CBr)c1ccccc1I.O=C(O)c1ccccc1I. The van der Waals surface area contributed by atoms with E-state index in [-0.39, 0.29) is 5.78 Å². The van der Waals surface area contributed by atoms with Gasteiger partial charge in [-0.25, -0.2) is 4.79 Å². The van der Waals surface area contributed by atoms with Crippen molar-refractivity contribution >= 4 is 72.9 Å². The van der Waals surface area contributed by atoms with Gasteiger partial charge in [-0.05, 0) is 63.4 Å². The van der Waals surface area contributed by atoms with Crippen molar-refractivity contribution in [1.82, 2.24) is 0 Å². The van der Waals surface area contributed by atoms with Crippen molar-refractivity contribution in [3.8, 4) is 0 Å². The Morgan fingerprint density at radius 3 is 1.67 bits per heavy atom. The second kappa shape index (κ2) is 9.52. The summed E-state index contributed by atoms with van der Waals surface area (Å²) in [6.07, 6.45) is 0.